The number of anilines is 1. The van der Waals surface area contributed by atoms with Crippen LogP contribution in [0.15, 0.2) is 23.1 Å². The van der Waals surface area contributed by atoms with E-state index in [-0.39, 0.29) is 10.1 Å². The fraction of sp³-hybridized carbons (Fsp3) is 0.500. The molecule has 1 atom stereocenters. The minimum absolute atomic E-state index is 0.272. The average molecular weight is 241 g/mol. The summed E-state index contributed by atoms with van der Waals surface area (Å²) in [7, 11) is -3.28. The number of aryl methyl sites for hydroxylation is 1. The van der Waals surface area contributed by atoms with Crippen LogP contribution in [0.2, 0.25) is 0 Å². The van der Waals surface area contributed by atoms with E-state index in [0.29, 0.717) is 12.1 Å². The molecular formula is C12H19NO2S. The lowest BCUT2D eigenvalue weighted by atomic mass is 10.2. The van der Waals surface area contributed by atoms with Gasteiger partial charge < -0.3 is 5.73 Å². The van der Waals surface area contributed by atoms with Crippen LogP contribution in [0.1, 0.15) is 32.3 Å². The second kappa shape index (κ2) is 4.87. The molecule has 1 rings (SSSR count). The molecule has 0 saturated heterocycles. The molecule has 0 aliphatic rings. The Hall–Kier alpha value is -1.03. The molecule has 0 bridgehead atoms. The van der Waals surface area contributed by atoms with Gasteiger partial charge in [0.15, 0.2) is 9.84 Å². The second-order valence-electron chi connectivity index (χ2n) is 4.19. The van der Waals surface area contributed by atoms with Gasteiger partial charge in [0, 0.05) is 0 Å². The lowest BCUT2D eigenvalue weighted by Crippen LogP contribution is -2.19. The van der Waals surface area contributed by atoms with Crippen molar-refractivity contribution in [1.29, 1.82) is 0 Å². The number of hydrogen-bond donors (Lipinski definition) is 1. The molecule has 0 heterocycles. The zero-order chi connectivity index (χ0) is 12.3. The van der Waals surface area contributed by atoms with Gasteiger partial charge >= 0.3 is 0 Å². The Labute approximate surface area is 97.6 Å². The van der Waals surface area contributed by atoms with Gasteiger partial charge in [-0.25, -0.2) is 8.42 Å². The zero-order valence-electron chi connectivity index (χ0n) is 10.0. The Kier molecular flexibility index (Phi) is 3.97. The molecule has 0 saturated carbocycles. The Morgan fingerprint density at radius 3 is 2.56 bits per heavy atom. The van der Waals surface area contributed by atoms with Crippen LogP contribution in [0.5, 0.6) is 0 Å². The SMILES string of the molecule is CCCC(C)S(=O)(=O)c1cc(C)ccc1N. The number of benzene rings is 1. The summed E-state index contributed by atoms with van der Waals surface area (Å²) in [4.78, 5) is 0.272. The average Bonchev–Trinajstić information content (AvgIpc) is 2.22. The van der Waals surface area contributed by atoms with Crippen LogP contribution < -0.4 is 5.73 Å². The number of nitrogen functional groups attached to an aromatic ring is 1. The summed E-state index contributed by atoms with van der Waals surface area (Å²) in [6.45, 7) is 5.58. The number of nitrogens with two attached hydrogens (primary N) is 1. The van der Waals surface area contributed by atoms with E-state index in [1.54, 1.807) is 19.1 Å². The first kappa shape index (κ1) is 13.0. The first-order valence-electron chi connectivity index (χ1n) is 5.49. The molecule has 0 fully saturated rings. The normalized spacial score (nSPS) is 13.7. The summed E-state index contributed by atoms with van der Waals surface area (Å²) < 4.78 is 24.4. The quantitative estimate of drug-likeness (QED) is 0.824. The van der Waals surface area contributed by atoms with Gasteiger partial charge in [-0.2, -0.15) is 0 Å². The molecule has 90 valence electrons. The van der Waals surface area contributed by atoms with Gasteiger partial charge in [-0.15, -0.1) is 0 Å². The van der Waals surface area contributed by atoms with Crippen LogP contribution in [0, 0.1) is 6.92 Å². The van der Waals surface area contributed by atoms with Gasteiger partial charge in [-0.3, -0.25) is 0 Å². The number of hydrogen-bond acceptors (Lipinski definition) is 3. The minimum atomic E-state index is -3.28. The molecule has 4 heteroatoms. The molecule has 1 unspecified atom stereocenters. The third-order valence-electron chi connectivity index (χ3n) is 2.70. The summed E-state index contributed by atoms with van der Waals surface area (Å²) in [6.07, 6.45) is 1.52. The highest BCUT2D eigenvalue weighted by Crippen LogP contribution is 2.25. The van der Waals surface area contributed by atoms with Gasteiger partial charge in [0.05, 0.1) is 15.8 Å². The summed E-state index contributed by atoms with van der Waals surface area (Å²) in [5.41, 5.74) is 6.99. The summed E-state index contributed by atoms with van der Waals surface area (Å²) in [6, 6.07) is 5.12. The van der Waals surface area contributed by atoms with Crippen molar-refractivity contribution in [2.75, 3.05) is 5.73 Å². The largest absolute Gasteiger partial charge is 0.398 e. The zero-order valence-corrected chi connectivity index (χ0v) is 10.8. The monoisotopic (exact) mass is 241 g/mol. The topological polar surface area (TPSA) is 60.2 Å². The standard InChI is InChI=1S/C12H19NO2S/c1-4-5-10(3)16(14,15)12-8-9(2)6-7-11(12)13/h6-8,10H,4-5,13H2,1-3H3. The lowest BCUT2D eigenvalue weighted by molar-refractivity contribution is 0.576. The van der Waals surface area contributed by atoms with E-state index in [1.807, 2.05) is 19.9 Å². The number of rotatable bonds is 4. The van der Waals surface area contributed by atoms with Crippen molar-refractivity contribution in [3.05, 3.63) is 23.8 Å². The van der Waals surface area contributed by atoms with Crippen LogP contribution in [0.3, 0.4) is 0 Å². The maximum atomic E-state index is 12.2. The van der Waals surface area contributed by atoms with Gasteiger partial charge in [-0.05, 0) is 38.0 Å². The smallest absolute Gasteiger partial charge is 0.182 e. The molecule has 0 spiro atoms. The lowest BCUT2D eigenvalue weighted by Gasteiger charge is -2.14. The van der Waals surface area contributed by atoms with Crippen molar-refractivity contribution in [2.45, 2.75) is 43.8 Å². The predicted octanol–water partition coefficient (Wildman–Crippen LogP) is 2.54. The van der Waals surface area contributed by atoms with E-state index >= 15 is 0 Å². The fourth-order valence-corrected chi connectivity index (χ4v) is 3.39. The van der Waals surface area contributed by atoms with Crippen molar-refractivity contribution in [3.8, 4) is 0 Å². The van der Waals surface area contributed by atoms with Crippen molar-refractivity contribution in [1.82, 2.24) is 0 Å². The molecule has 0 aliphatic carbocycles. The fourth-order valence-electron chi connectivity index (χ4n) is 1.67. The highest BCUT2D eigenvalue weighted by atomic mass is 32.2. The molecule has 0 aliphatic heterocycles. The molecular weight excluding hydrogens is 222 g/mol. The molecule has 1 aromatic rings. The van der Waals surface area contributed by atoms with E-state index in [0.717, 1.165) is 12.0 Å². The maximum absolute atomic E-state index is 12.2. The third kappa shape index (κ3) is 2.55. The molecule has 1 aromatic carbocycles. The van der Waals surface area contributed by atoms with Gasteiger partial charge in [0.1, 0.15) is 0 Å². The van der Waals surface area contributed by atoms with Crippen molar-refractivity contribution >= 4 is 15.5 Å². The minimum Gasteiger partial charge on any atom is -0.398 e. The van der Waals surface area contributed by atoms with E-state index in [2.05, 4.69) is 0 Å². The van der Waals surface area contributed by atoms with Gasteiger partial charge in [-0.1, -0.05) is 19.4 Å². The molecule has 3 nitrogen and oxygen atoms in total. The molecule has 0 aromatic heterocycles. The van der Waals surface area contributed by atoms with Crippen molar-refractivity contribution in [3.63, 3.8) is 0 Å². The van der Waals surface area contributed by atoms with Crippen LogP contribution in [0.4, 0.5) is 5.69 Å². The summed E-state index contributed by atoms with van der Waals surface area (Å²) in [5, 5.41) is -0.374. The van der Waals surface area contributed by atoms with Gasteiger partial charge in [0.25, 0.3) is 0 Å². The molecule has 2 N–H and O–H groups in total. The Balaban J connectivity index is 3.21. The van der Waals surface area contributed by atoms with Gasteiger partial charge in [0.2, 0.25) is 0 Å². The van der Waals surface area contributed by atoms with E-state index in [9.17, 15) is 8.42 Å². The first-order chi connectivity index (χ1) is 7.39. The number of sulfone groups is 1. The second-order valence-corrected chi connectivity index (χ2v) is 6.52. The van der Waals surface area contributed by atoms with Crippen LogP contribution in [0.25, 0.3) is 0 Å². The Bertz CT molecular complexity index is 466. The van der Waals surface area contributed by atoms with E-state index in [1.165, 1.54) is 0 Å². The molecule has 16 heavy (non-hydrogen) atoms. The predicted molar refractivity (Wildman–Crippen MR) is 67.1 cm³/mol. The van der Waals surface area contributed by atoms with Crippen molar-refractivity contribution < 1.29 is 8.42 Å². The highest BCUT2D eigenvalue weighted by molar-refractivity contribution is 7.92. The Morgan fingerprint density at radius 2 is 2.00 bits per heavy atom. The van der Waals surface area contributed by atoms with Crippen molar-refractivity contribution in [2.24, 2.45) is 0 Å². The van der Waals surface area contributed by atoms with Crippen LogP contribution in [-0.4, -0.2) is 13.7 Å². The summed E-state index contributed by atoms with van der Waals surface area (Å²) in [5.74, 6) is 0. The summed E-state index contributed by atoms with van der Waals surface area (Å²) >= 11 is 0. The van der Waals surface area contributed by atoms with Crippen LogP contribution in [-0.2, 0) is 9.84 Å². The molecule has 0 amide bonds. The van der Waals surface area contributed by atoms with E-state index in [4.69, 9.17) is 5.73 Å². The maximum Gasteiger partial charge on any atom is 0.182 e. The highest BCUT2D eigenvalue weighted by Gasteiger charge is 2.24. The Morgan fingerprint density at radius 1 is 1.38 bits per heavy atom. The molecule has 0 radical (unpaired) electrons. The van der Waals surface area contributed by atoms with Crippen LogP contribution >= 0.6 is 0 Å². The third-order valence-corrected chi connectivity index (χ3v) is 4.96. The van der Waals surface area contributed by atoms with E-state index < -0.39 is 9.84 Å². The first-order valence-corrected chi connectivity index (χ1v) is 7.04.